The summed E-state index contributed by atoms with van der Waals surface area (Å²) >= 11 is 0. The number of hydrogen-bond acceptors (Lipinski definition) is 5. The van der Waals surface area contributed by atoms with Crippen LogP contribution < -0.4 is 5.32 Å². The highest BCUT2D eigenvalue weighted by Gasteiger charge is 2.16. The van der Waals surface area contributed by atoms with Crippen molar-refractivity contribution in [2.75, 3.05) is 18.5 Å². The van der Waals surface area contributed by atoms with Crippen molar-refractivity contribution < 1.29 is 10.2 Å². The molecule has 1 saturated carbocycles. The topological polar surface area (TPSA) is 78.3 Å². The van der Waals surface area contributed by atoms with Crippen LogP contribution >= 0.6 is 0 Å². The molecule has 20 heavy (non-hydrogen) atoms. The highest BCUT2D eigenvalue weighted by atomic mass is 16.3. The molecule has 3 N–H and O–H groups in total. The summed E-state index contributed by atoms with van der Waals surface area (Å²) in [5.41, 5.74) is 0.653. The Bertz CT molecular complexity index is 572. The molecular formula is C15H17N3O2. The zero-order valence-electron chi connectivity index (χ0n) is 11.2. The van der Waals surface area contributed by atoms with Crippen molar-refractivity contribution >= 4 is 5.82 Å². The van der Waals surface area contributed by atoms with Crippen LogP contribution in [0.1, 0.15) is 37.1 Å². The molecule has 0 unspecified atom stereocenters. The predicted molar refractivity (Wildman–Crippen MR) is 75.8 cm³/mol. The second kappa shape index (κ2) is 7.49. The first kappa shape index (κ1) is 14.3. The molecule has 0 aliphatic heterocycles. The third-order valence-corrected chi connectivity index (χ3v) is 3.07. The van der Waals surface area contributed by atoms with Gasteiger partial charge in [-0.3, -0.25) is 0 Å². The smallest absolute Gasteiger partial charge is 0.206 e. The standard InChI is InChI=1S/C15H17N3O2/c19-9-3-5-12-11-16-14(8-4-10-20)18-15(12)17-13-6-1-2-7-13/h11,13,19-20H,1-2,6-7,9-10H2,(H,16,17,18). The van der Waals surface area contributed by atoms with E-state index < -0.39 is 0 Å². The lowest BCUT2D eigenvalue weighted by atomic mass is 10.2. The van der Waals surface area contributed by atoms with E-state index in [1.807, 2.05) is 0 Å². The number of aromatic nitrogens is 2. The Hall–Kier alpha value is -2.08. The predicted octanol–water partition coefficient (Wildman–Crippen LogP) is 0.519. The van der Waals surface area contributed by atoms with Gasteiger partial charge in [0.15, 0.2) is 0 Å². The number of hydrogen-bond donors (Lipinski definition) is 3. The van der Waals surface area contributed by atoms with Crippen molar-refractivity contribution in [3.05, 3.63) is 17.6 Å². The van der Waals surface area contributed by atoms with E-state index in [2.05, 4.69) is 39.0 Å². The molecule has 104 valence electrons. The van der Waals surface area contributed by atoms with Crippen LogP contribution in [0.5, 0.6) is 0 Å². The van der Waals surface area contributed by atoms with E-state index in [1.54, 1.807) is 6.20 Å². The van der Waals surface area contributed by atoms with Crippen LogP contribution in [0, 0.1) is 23.7 Å². The Morgan fingerprint density at radius 1 is 1.15 bits per heavy atom. The summed E-state index contributed by atoms with van der Waals surface area (Å²) in [5, 5.41) is 20.9. The SMILES string of the molecule is OCC#Cc1ncc(C#CCO)c(NC2CCCC2)n1. The molecule has 1 aliphatic carbocycles. The highest BCUT2D eigenvalue weighted by Crippen LogP contribution is 2.22. The number of aliphatic hydroxyl groups excluding tert-OH is 2. The molecule has 0 bridgehead atoms. The lowest BCUT2D eigenvalue weighted by Gasteiger charge is -2.13. The Balaban J connectivity index is 2.26. The van der Waals surface area contributed by atoms with Crippen molar-refractivity contribution in [3.63, 3.8) is 0 Å². The van der Waals surface area contributed by atoms with Gasteiger partial charge >= 0.3 is 0 Å². The first-order valence-electron chi connectivity index (χ1n) is 6.66. The summed E-state index contributed by atoms with van der Waals surface area (Å²) in [4.78, 5) is 8.42. The minimum atomic E-state index is -0.221. The molecule has 0 atom stereocenters. The number of aliphatic hydroxyl groups is 2. The molecule has 1 aliphatic rings. The Morgan fingerprint density at radius 2 is 1.85 bits per heavy atom. The highest BCUT2D eigenvalue weighted by molar-refractivity contribution is 5.54. The minimum absolute atomic E-state index is 0.199. The number of rotatable bonds is 2. The van der Waals surface area contributed by atoms with E-state index in [0.29, 0.717) is 23.2 Å². The molecule has 5 nitrogen and oxygen atoms in total. The molecule has 1 aromatic rings. The van der Waals surface area contributed by atoms with Crippen molar-refractivity contribution in [1.82, 2.24) is 9.97 Å². The molecule has 2 rings (SSSR count). The summed E-state index contributed by atoms with van der Waals surface area (Å²) in [6.45, 7) is -0.421. The van der Waals surface area contributed by atoms with E-state index >= 15 is 0 Å². The molecule has 1 heterocycles. The fraction of sp³-hybridized carbons (Fsp3) is 0.467. The summed E-state index contributed by atoms with van der Waals surface area (Å²) in [6.07, 6.45) is 6.27. The van der Waals surface area contributed by atoms with Gasteiger partial charge < -0.3 is 15.5 Å². The average Bonchev–Trinajstić information content (AvgIpc) is 2.97. The maximum absolute atomic E-state index is 8.79. The van der Waals surface area contributed by atoms with Gasteiger partial charge in [0, 0.05) is 12.2 Å². The first-order chi connectivity index (χ1) is 9.83. The number of nitrogens with one attached hydrogen (secondary N) is 1. The van der Waals surface area contributed by atoms with Crippen LogP contribution in [-0.4, -0.2) is 39.4 Å². The summed E-state index contributed by atoms with van der Waals surface area (Å²) in [6, 6.07) is 0.401. The summed E-state index contributed by atoms with van der Waals surface area (Å²) < 4.78 is 0. The second-order valence-corrected chi connectivity index (χ2v) is 4.50. The Kier molecular flexibility index (Phi) is 5.37. The molecule has 0 radical (unpaired) electrons. The van der Waals surface area contributed by atoms with Gasteiger partial charge in [-0.05, 0) is 18.8 Å². The van der Waals surface area contributed by atoms with Crippen molar-refractivity contribution in [2.45, 2.75) is 31.7 Å². The van der Waals surface area contributed by atoms with Crippen LogP contribution in [0.4, 0.5) is 5.82 Å². The summed E-state index contributed by atoms with van der Waals surface area (Å²) in [5.74, 6) is 11.6. The lowest BCUT2D eigenvalue weighted by molar-refractivity contribution is 0.350. The molecular weight excluding hydrogens is 254 g/mol. The number of nitrogens with zero attached hydrogens (tertiary/aromatic N) is 2. The van der Waals surface area contributed by atoms with Gasteiger partial charge in [0.2, 0.25) is 5.82 Å². The van der Waals surface area contributed by atoms with Gasteiger partial charge in [0.05, 0.1) is 5.56 Å². The van der Waals surface area contributed by atoms with Crippen LogP contribution in [-0.2, 0) is 0 Å². The van der Waals surface area contributed by atoms with Crippen molar-refractivity contribution in [2.24, 2.45) is 0 Å². The molecule has 1 fully saturated rings. The maximum atomic E-state index is 8.79. The molecule has 1 aromatic heterocycles. The van der Waals surface area contributed by atoms with Gasteiger partial charge in [-0.15, -0.1) is 0 Å². The lowest BCUT2D eigenvalue weighted by Crippen LogP contribution is -2.17. The Morgan fingerprint density at radius 3 is 2.55 bits per heavy atom. The quantitative estimate of drug-likeness (QED) is 0.683. The van der Waals surface area contributed by atoms with E-state index in [1.165, 1.54) is 12.8 Å². The molecule has 5 heteroatoms. The van der Waals surface area contributed by atoms with Crippen molar-refractivity contribution in [1.29, 1.82) is 0 Å². The molecule has 0 aromatic carbocycles. The molecule has 0 spiro atoms. The van der Waals surface area contributed by atoms with Crippen LogP contribution in [0.3, 0.4) is 0 Å². The van der Waals surface area contributed by atoms with Crippen LogP contribution in [0.25, 0.3) is 0 Å². The van der Waals surface area contributed by atoms with Gasteiger partial charge in [-0.25, -0.2) is 9.97 Å². The summed E-state index contributed by atoms with van der Waals surface area (Å²) in [7, 11) is 0. The number of anilines is 1. The zero-order chi connectivity index (χ0) is 14.2. The van der Waals surface area contributed by atoms with E-state index in [4.69, 9.17) is 10.2 Å². The van der Waals surface area contributed by atoms with E-state index in [0.717, 1.165) is 12.8 Å². The normalized spacial score (nSPS) is 14.1. The fourth-order valence-corrected chi connectivity index (χ4v) is 2.16. The third kappa shape index (κ3) is 3.96. The van der Waals surface area contributed by atoms with Crippen LogP contribution in [0.15, 0.2) is 6.20 Å². The van der Waals surface area contributed by atoms with E-state index in [9.17, 15) is 0 Å². The van der Waals surface area contributed by atoms with E-state index in [-0.39, 0.29) is 13.2 Å². The minimum Gasteiger partial charge on any atom is -0.384 e. The third-order valence-electron chi connectivity index (χ3n) is 3.07. The largest absolute Gasteiger partial charge is 0.384 e. The second-order valence-electron chi connectivity index (χ2n) is 4.50. The zero-order valence-corrected chi connectivity index (χ0v) is 11.2. The average molecular weight is 271 g/mol. The van der Waals surface area contributed by atoms with Gasteiger partial charge in [-0.1, -0.05) is 30.6 Å². The van der Waals surface area contributed by atoms with Crippen molar-refractivity contribution in [3.8, 4) is 23.7 Å². The van der Waals surface area contributed by atoms with Gasteiger partial charge in [0.25, 0.3) is 0 Å². The fourth-order valence-electron chi connectivity index (χ4n) is 2.16. The monoisotopic (exact) mass is 271 g/mol. The molecule has 0 saturated heterocycles. The maximum Gasteiger partial charge on any atom is 0.206 e. The first-order valence-corrected chi connectivity index (χ1v) is 6.66. The molecule has 0 amide bonds. The Labute approximate surface area is 118 Å². The van der Waals surface area contributed by atoms with Gasteiger partial charge in [-0.2, -0.15) is 0 Å². The van der Waals surface area contributed by atoms with Crippen LogP contribution in [0.2, 0.25) is 0 Å². The van der Waals surface area contributed by atoms with Gasteiger partial charge in [0.1, 0.15) is 19.0 Å².